The molecular formula is C10H16N2O2. The number of amides is 1. The van der Waals surface area contributed by atoms with Gasteiger partial charge in [0.1, 0.15) is 0 Å². The van der Waals surface area contributed by atoms with Gasteiger partial charge in [-0.05, 0) is 12.5 Å². The van der Waals surface area contributed by atoms with E-state index in [0.29, 0.717) is 13.0 Å². The van der Waals surface area contributed by atoms with Crippen molar-refractivity contribution >= 4 is 5.91 Å². The van der Waals surface area contributed by atoms with Gasteiger partial charge in [-0.2, -0.15) is 0 Å². The highest BCUT2D eigenvalue weighted by Gasteiger charge is 2.06. The molecule has 1 unspecified atom stereocenters. The van der Waals surface area contributed by atoms with Crippen LogP contribution in [0.2, 0.25) is 0 Å². The lowest BCUT2D eigenvalue weighted by Crippen LogP contribution is -2.30. The normalized spacial score (nSPS) is 12.4. The fourth-order valence-electron chi connectivity index (χ4n) is 1.05. The van der Waals surface area contributed by atoms with E-state index in [1.54, 1.807) is 12.5 Å². The molecule has 0 aliphatic heterocycles. The van der Waals surface area contributed by atoms with Crippen LogP contribution in [0, 0.1) is 0 Å². The predicted octanol–water partition coefficient (Wildman–Crippen LogP) is 1.02. The smallest absolute Gasteiger partial charge is 0.221 e. The molecule has 0 radical (unpaired) electrons. The van der Waals surface area contributed by atoms with Gasteiger partial charge in [0.25, 0.3) is 0 Å². The highest BCUT2D eigenvalue weighted by Crippen LogP contribution is 1.99. The number of carbonyl (C=O) groups excluding carboxylic acids is 1. The quantitative estimate of drug-likeness (QED) is 0.738. The number of rotatable bonds is 5. The maximum atomic E-state index is 11.3. The molecule has 0 spiro atoms. The third-order valence-corrected chi connectivity index (χ3v) is 2.04. The molecule has 4 nitrogen and oxygen atoms in total. The molecule has 1 rings (SSSR count). The van der Waals surface area contributed by atoms with E-state index in [4.69, 9.17) is 10.2 Å². The lowest BCUT2D eigenvalue weighted by atomic mass is 10.1. The maximum Gasteiger partial charge on any atom is 0.221 e. The molecule has 1 amide bonds. The van der Waals surface area contributed by atoms with Crippen LogP contribution < -0.4 is 11.1 Å². The molecule has 0 fully saturated rings. The zero-order valence-corrected chi connectivity index (χ0v) is 8.32. The Bertz CT molecular complexity index is 270. The van der Waals surface area contributed by atoms with Crippen molar-refractivity contribution in [3.8, 4) is 0 Å². The van der Waals surface area contributed by atoms with Crippen LogP contribution in [0.4, 0.5) is 0 Å². The van der Waals surface area contributed by atoms with Crippen molar-refractivity contribution in [1.82, 2.24) is 5.32 Å². The summed E-state index contributed by atoms with van der Waals surface area (Å²) >= 11 is 0. The van der Waals surface area contributed by atoms with Gasteiger partial charge in [-0.3, -0.25) is 4.79 Å². The van der Waals surface area contributed by atoms with Crippen LogP contribution in [0.15, 0.2) is 23.0 Å². The summed E-state index contributed by atoms with van der Waals surface area (Å²) in [5, 5.41) is 2.77. The largest absolute Gasteiger partial charge is 0.472 e. The molecule has 0 saturated heterocycles. The zero-order valence-electron chi connectivity index (χ0n) is 8.32. The fraction of sp³-hybridized carbons (Fsp3) is 0.500. The standard InChI is InChI=1S/C10H16N2O2/c1-2-9(11)5-10(13)12-6-8-3-4-14-7-8/h3-4,7,9H,2,5-6,11H2,1H3,(H,12,13). The molecule has 0 bridgehead atoms. The molecule has 4 heteroatoms. The van der Waals surface area contributed by atoms with Gasteiger partial charge in [-0.25, -0.2) is 0 Å². The van der Waals surface area contributed by atoms with Crippen molar-refractivity contribution in [3.05, 3.63) is 24.2 Å². The van der Waals surface area contributed by atoms with E-state index >= 15 is 0 Å². The Labute approximate surface area is 83.5 Å². The molecule has 0 aliphatic carbocycles. The SMILES string of the molecule is CCC(N)CC(=O)NCc1ccoc1. The van der Waals surface area contributed by atoms with Crippen molar-refractivity contribution < 1.29 is 9.21 Å². The van der Waals surface area contributed by atoms with Crippen molar-refractivity contribution in [3.63, 3.8) is 0 Å². The Balaban J connectivity index is 2.22. The Kier molecular flexibility index (Phi) is 4.19. The molecule has 14 heavy (non-hydrogen) atoms. The first-order valence-corrected chi connectivity index (χ1v) is 4.75. The third kappa shape index (κ3) is 3.62. The summed E-state index contributed by atoms with van der Waals surface area (Å²) in [6.07, 6.45) is 4.40. The molecule has 1 aromatic rings. The molecule has 1 heterocycles. The second-order valence-corrected chi connectivity index (χ2v) is 3.28. The minimum absolute atomic E-state index is 0.0134. The molecule has 1 atom stereocenters. The first kappa shape index (κ1) is 10.8. The van der Waals surface area contributed by atoms with Crippen molar-refractivity contribution in [2.24, 2.45) is 5.73 Å². The van der Waals surface area contributed by atoms with Gasteiger partial charge in [0.05, 0.1) is 12.5 Å². The van der Waals surface area contributed by atoms with E-state index in [1.807, 2.05) is 13.0 Å². The van der Waals surface area contributed by atoms with E-state index < -0.39 is 0 Å². The monoisotopic (exact) mass is 196 g/mol. The van der Waals surface area contributed by atoms with E-state index in [9.17, 15) is 4.79 Å². The number of hydrogen-bond acceptors (Lipinski definition) is 3. The van der Waals surface area contributed by atoms with E-state index in [2.05, 4.69) is 5.32 Å². The minimum atomic E-state index is -0.0423. The fourth-order valence-corrected chi connectivity index (χ4v) is 1.05. The zero-order chi connectivity index (χ0) is 10.4. The third-order valence-electron chi connectivity index (χ3n) is 2.04. The van der Waals surface area contributed by atoms with Crippen LogP contribution in [-0.4, -0.2) is 11.9 Å². The Morgan fingerprint density at radius 2 is 2.50 bits per heavy atom. The van der Waals surface area contributed by atoms with Gasteiger partial charge in [0.15, 0.2) is 0 Å². The average molecular weight is 196 g/mol. The molecular weight excluding hydrogens is 180 g/mol. The van der Waals surface area contributed by atoms with Gasteiger partial charge in [-0.15, -0.1) is 0 Å². The molecule has 0 aromatic carbocycles. The highest BCUT2D eigenvalue weighted by atomic mass is 16.3. The highest BCUT2D eigenvalue weighted by molar-refractivity contribution is 5.76. The second kappa shape index (κ2) is 5.44. The van der Waals surface area contributed by atoms with Crippen molar-refractivity contribution in [2.45, 2.75) is 32.4 Å². The lowest BCUT2D eigenvalue weighted by Gasteiger charge is -2.08. The maximum absolute atomic E-state index is 11.3. The first-order valence-electron chi connectivity index (χ1n) is 4.75. The molecule has 1 aromatic heterocycles. The Hall–Kier alpha value is -1.29. The molecule has 78 valence electrons. The van der Waals surface area contributed by atoms with E-state index in [-0.39, 0.29) is 11.9 Å². The summed E-state index contributed by atoms with van der Waals surface area (Å²) in [6.45, 7) is 2.47. The van der Waals surface area contributed by atoms with Crippen molar-refractivity contribution in [1.29, 1.82) is 0 Å². The molecule has 3 N–H and O–H groups in total. The van der Waals surface area contributed by atoms with Crippen molar-refractivity contribution in [2.75, 3.05) is 0 Å². The first-order chi connectivity index (χ1) is 6.72. The summed E-state index contributed by atoms with van der Waals surface area (Å²) in [7, 11) is 0. The number of hydrogen-bond donors (Lipinski definition) is 2. The minimum Gasteiger partial charge on any atom is -0.472 e. The number of nitrogens with two attached hydrogens (primary N) is 1. The number of nitrogens with one attached hydrogen (secondary N) is 1. The van der Waals surface area contributed by atoms with Gasteiger partial charge < -0.3 is 15.5 Å². The topological polar surface area (TPSA) is 68.3 Å². The van der Waals surface area contributed by atoms with Gasteiger partial charge in [-0.1, -0.05) is 6.92 Å². The van der Waals surface area contributed by atoms with Gasteiger partial charge >= 0.3 is 0 Å². The van der Waals surface area contributed by atoms with Crippen LogP contribution in [0.1, 0.15) is 25.3 Å². The Morgan fingerprint density at radius 1 is 1.71 bits per heavy atom. The summed E-state index contributed by atoms with van der Waals surface area (Å²) in [5.41, 5.74) is 6.60. The van der Waals surface area contributed by atoms with Gasteiger partial charge in [0, 0.05) is 24.6 Å². The Morgan fingerprint density at radius 3 is 3.07 bits per heavy atom. The summed E-state index contributed by atoms with van der Waals surface area (Å²) in [4.78, 5) is 11.3. The summed E-state index contributed by atoms with van der Waals surface area (Å²) in [5.74, 6) is -0.0134. The van der Waals surface area contributed by atoms with Gasteiger partial charge in [0.2, 0.25) is 5.91 Å². The number of furan rings is 1. The van der Waals surface area contributed by atoms with E-state index in [1.165, 1.54) is 0 Å². The molecule has 0 saturated carbocycles. The van der Waals surface area contributed by atoms with Crippen LogP contribution in [0.5, 0.6) is 0 Å². The predicted molar refractivity (Wildman–Crippen MR) is 53.4 cm³/mol. The molecule has 0 aliphatic rings. The van der Waals surface area contributed by atoms with Crippen LogP contribution in [0.25, 0.3) is 0 Å². The number of carbonyl (C=O) groups is 1. The van der Waals surface area contributed by atoms with Crippen LogP contribution in [0.3, 0.4) is 0 Å². The van der Waals surface area contributed by atoms with Crippen LogP contribution in [-0.2, 0) is 11.3 Å². The second-order valence-electron chi connectivity index (χ2n) is 3.28. The lowest BCUT2D eigenvalue weighted by molar-refractivity contribution is -0.121. The average Bonchev–Trinajstić information content (AvgIpc) is 2.67. The van der Waals surface area contributed by atoms with Crippen LogP contribution >= 0.6 is 0 Å². The summed E-state index contributed by atoms with van der Waals surface area (Å²) in [6, 6.07) is 1.78. The van der Waals surface area contributed by atoms with E-state index in [0.717, 1.165) is 12.0 Å². The summed E-state index contributed by atoms with van der Waals surface area (Å²) < 4.78 is 4.87.